The number of hydrogen-bond donors (Lipinski definition) is 2. The fourth-order valence-electron chi connectivity index (χ4n) is 1.51. The highest BCUT2D eigenvalue weighted by Crippen LogP contribution is 2.28. The number of rotatable bonds is 0. The van der Waals surface area contributed by atoms with Gasteiger partial charge in [0.1, 0.15) is 0 Å². The Labute approximate surface area is 89.4 Å². The van der Waals surface area contributed by atoms with Gasteiger partial charge in [-0.3, -0.25) is 10.0 Å². The zero-order valence-corrected chi connectivity index (χ0v) is 8.86. The van der Waals surface area contributed by atoms with E-state index in [-0.39, 0.29) is 0 Å². The lowest BCUT2D eigenvalue weighted by molar-refractivity contribution is -0.125. The van der Waals surface area contributed by atoms with Crippen molar-refractivity contribution in [1.82, 2.24) is 0 Å². The monoisotopic (exact) mass is 256 g/mol. The number of anilines is 1. The number of fused-ring (bicyclic) bond motifs is 1. The molecule has 0 aromatic heterocycles. The van der Waals surface area contributed by atoms with E-state index in [1.165, 1.54) is 0 Å². The standard InChI is InChI=1S/C9H9BrN2O2/c10-6-2-1-5-3-7(11)9(13)12(14)8(5)4-6/h1-2,4,7,14H,3,11H2/t7-/m0/s1. The fraction of sp³-hybridized carbons (Fsp3) is 0.222. The van der Waals surface area contributed by atoms with Crippen LogP contribution in [0, 0.1) is 0 Å². The van der Waals surface area contributed by atoms with E-state index in [9.17, 15) is 10.0 Å². The Bertz CT molecular complexity index is 394. The van der Waals surface area contributed by atoms with Crippen LogP contribution in [-0.4, -0.2) is 17.2 Å². The lowest BCUT2D eigenvalue weighted by atomic mass is 9.99. The Morgan fingerprint density at radius 1 is 1.57 bits per heavy atom. The first-order valence-corrected chi connectivity index (χ1v) is 4.96. The zero-order chi connectivity index (χ0) is 10.3. The maximum Gasteiger partial charge on any atom is 0.267 e. The van der Waals surface area contributed by atoms with Crippen molar-refractivity contribution in [3.8, 4) is 0 Å². The molecule has 14 heavy (non-hydrogen) atoms. The predicted molar refractivity (Wildman–Crippen MR) is 55.1 cm³/mol. The highest BCUT2D eigenvalue weighted by molar-refractivity contribution is 9.10. The molecular formula is C9H9BrN2O2. The number of hydroxylamine groups is 1. The first kappa shape index (κ1) is 9.64. The minimum absolute atomic E-state index is 0.462. The van der Waals surface area contributed by atoms with Gasteiger partial charge in [0.25, 0.3) is 5.91 Å². The van der Waals surface area contributed by atoms with Gasteiger partial charge >= 0.3 is 0 Å². The molecule has 1 aromatic rings. The first-order chi connectivity index (χ1) is 6.59. The molecule has 0 aliphatic carbocycles. The quantitative estimate of drug-likeness (QED) is 0.683. The molecule has 1 aliphatic rings. The van der Waals surface area contributed by atoms with E-state index >= 15 is 0 Å². The number of halogens is 1. The van der Waals surface area contributed by atoms with Crippen LogP contribution in [0.2, 0.25) is 0 Å². The van der Waals surface area contributed by atoms with Gasteiger partial charge in [-0.25, -0.2) is 0 Å². The normalized spacial score (nSPS) is 20.9. The third kappa shape index (κ3) is 1.43. The van der Waals surface area contributed by atoms with Crippen molar-refractivity contribution in [2.75, 3.05) is 5.06 Å². The van der Waals surface area contributed by atoms with Crippen LogP contribution >= 0.6 is 15.9 Å². The molecule has 2 rings (SSSR count). The minimum atomic E-state index is -0.645. The van der Waals surface area contributed by atoms with Gasteiger partial charge in [0.15, 0.2) is 0 Å². The maximum atomic E-state index is 11.3. The van der Waals surface area contributed by atoms with Gasteiger partial charge in [-0.15, -0.1) is 0 Å². The van der Waals surface area contributed by atoms with E-state index in [4.69, 9.17) is 5.73 Å². The lowest BCUT2D eigenvalue weighted by Crippen LogP contribution is -2.47. The summed E-state index contributed by atoms with van der Waals surface area (Å²) in [6.45, 7) is 0. The van der Waals surface area contributed by atoms with Crippen LogP contribution in [0.25, 0.3) is 0 Å². The molecule has 0 spiro atoms. The van der Waals surface area contributed by atoms with Gasteiger partial charge in [-0.2, -0.15) is 5.06 Å². The molecule has 3 N–H and O–H groups in total. The van der Waals surface area contributed by atoms with Gasteiger partial charge in [0.05, 0.1) is 11.7 Å². The SMILES string of the molecule is N[C@H]1Cc2ccc(Br)cc2N(O)C1=O. The van der Waals surface area contributed by atoms with E-state index in [2.05, 4.69) is 15.9 Å². The van der Waals surface area contributed by atoms with Crippen LogP contribution in [0.4, 0.5) is 5.69 Å². The van der Waals surface area contributed by atoms with E-state index in [0.717, 1.165) is 10.0 Å². The summed E-state index contributed by atoms with van der Waals surface area (Å²) in [5.41, 5.74) is 6.94. The Balaban J connectivity index is 2.51. The molecule has 4 nitrogen and oxygen atoms in total. The molecular weight excluding hydrogens is 248 g/mol. The number of carbonyl (C=O) groups is 1. The van der Waals surface area contributed by atoms with Crippen LogP contribution in [0.1, 0.15) is 5.56 Å². The summed E-state index contributed by atoms with van der Waals surface area (Å²) in [5.74, 6) is -0.462. The summed E-state index contributed by atoms with van der Waals surface area (Å²) < 4.78 is 0.818. The third-order valence-corrected chi connectivity index (χ3v) is 2.73. The third-order valence-electron chi connectivity index (χ3n) is 2.24. The molecule has 1 amide bonds. The van der Waals surface area contributed by atoms with Crippen molar-refractivity contribution < 1.29 is 10.0 Å². The van der Waals surface area contributed by atoms with Crippen molar-refractivity contribution in [2.45, 2.75) is 12.5 Å². The molecule has 1 atom stereocenters. The largest absolute Gasteiger partial charge is 0.320 e. The first-order valence-electron chi connectivity index (χ1n) is 4.16. The maximum absolute atomic E-state index is 11.3. The Morgan fingerprint density at radius 3 is 3.00 bits per heavy atom. The van der Waals surface area contributed by atoms with E-state index in [0.29, 0.717) is 17.2 Å². The van der Waals surface area contributed by atoms with Crippen molar-refractivity contribution in [3.63, 3.8) is 0 Å². The smallest absolute Gasteiger partial charge is 0.267 e. The average molecular weight is 257 g/mol. The van der Waals surface area contributed by atoms with Crippen LogP contribution in [0.15, 0.2) is 22.7 Å². The van der Waals surface area contributed by atoms with Crippen LogP contribution in [-0.2, 0) is 11.2 Å². The second-order valence-corrected chi connectivity index (χ2v) is 4.15. The zero-order valence-electron chi connectivity index (χ0n) is 7.27. The van der Waals surface area contributed by atoms with Gasteiger partial charge in [-0.05, 0) is 24.1 Å². The molecule has 0 saturated carbocycles. The summed E-state index contributed by atoms with van der Waals surface area (Å²) in [6, 6.07) is 4.75. The molecule has 0 unspecified atom stereocenters. The number of amides is 1. The number of nitrogens with two attached hydrogens (primary N) is 1. The van der Waals surface area contributed by atoms with Gasteiger partial charge < -0.3 is 5.73 Å². The van der Waals surface area contributed by atoms with Crippen LogP contribution in [0.5, 0.6) is 0 Å². The molecule has 0 bridgehead atoms. The van der Waals surface area contributed by atoms with Crippen molar-refractivity contribution in [2.24, 2.45) is 5.73 Å². The summed E-state index contributed by atoms with van der Waals surface area (Å²) in [5, 5.41) is 10.1. The molecule has 74 valence electrons. The molecule has 5 heteroatoms. The minimum Gasteiger partial charge on any atom is -0.320 e. The molecule has 0 saturated heterocycles. The predicted octanol–water partition coefficient (Wildman–Crippen LogP) is 1.05. The van der Waals surface area contributed by atoms with Crippen molar-refractivity contribution >= 4 is 27.5 Å². The van der Waals surface area contributed by atoms with E-state index in [1.54, 1.807) is 6.07 Å². The summed E-state index contributed by atoms with van der Waals surface area (Å²) in [7, 11) is 0. The average Bonchev–Trinajstić information content (AvgIpc) is 2.16. The molecule has 1 aliphatic heterocycles. The Morgan fingerprint density at radius 2 is 2.29 bits per heavy atom. The lowest BCUT2D eigenvalue weighted by Gasteiger charge is -2.27. The molecule has 0 fully saturated rings. The van der Waals surface area contributed by atoms with Crippen LogP contribution < -0.4 is 10.8 Å². The van der Waals surface area contributed by atoms with Crippen molar-refractivity contribution in [3.05, 3.63) is 28.2 Å². The van der Waals surface area contributed by atoms with Crippen molar-refractivity contribution in [1.29, 1.82) is 0 Å². The molecule has 1 heterocycles. The topological polar surface area (TPSA) is 66.6 Å². The molecule has 1 aromatic carbocycles. The summed E-state index contributed by atoms with van der Waals surface area (Å²) >= 11 is 3.27. The fourth-order valence-corrected chi connectivity index (χ4v) is 1.86. The highest BCUT2D eigenvalue weighted by atomic mass is 79.9. The van der Waals surface area contributed by atoms with Gasteiger partial charge in [-0.1, -0.05) is 22.0 Å². The molecule has 0 radical (unpaired) electrons. The summed E-state index contributed by atoms with van der Waals surface area (Å²) in [4.78, 5) is 11.3. The van der Waals surface area contributed by atoms with Gasteiger partial charge in [0.2, 0.25) is 0 Å². The Hall–Kier alpha value is -0.910. The van der Waals surface area contributed by atoms with Gasteiger partial charge in [0, 0.05) is 4.47 Å². The summed E-state index contributed by atoms with van der Waals surface area (Å²) in [6.07, 6.45) is 0.471. The second kappa shape index (κ2) is 3.34. The number of nitrogens with zero attached hydrogens (tertiary/aromatic N) is 1. The van der Waals surface area contributed by atoms with E-state index in [1.807, 2.05) is 12.1 Å². The number of hydrogen-bond acceptors (Lipinski definition) is 3. The number of carbonyl (C=O) groups excluding carboxylic acids is 1. The number of benzene rings is 1. The Kier molecular flexibility index (Phi) is 2.30. The highest BCUT2D eigenvalue weighted by Gasteiger charge is 2.29. The van der Waals surface area contributed by atoms with E-state index < -0.39 is 11.9 Å². The second-order valence-electron chi connectivity index (χ2n) is 3.23. The van der Waals surface area contributed by atoms with Crippen LogP contribution in [0.3, 0.4) is 0 Å².